The smallest absolute Gasteiger partial charge is 0.167 e. The van der Waals surface area contributed by atoms with Crippen molar-refractivity contribution in [1.82, 2.24) is 0 Å². The van der Waals surface area contributed by atoms with Gasteiger partial charge in [0.1, 0.15) is 0 Å². The minimum Gasteiger partial charge on any atom is -2.00 e. The molecule has 20 nitrogen and oxygen atoms in total. The van der Waals surface area contributed by atoms with Crippen LogP contribution in [0, 0.1) is 62.2 Å². The number of aromatic carboxylic acids is 6. The van der Waals surface area contributed by atoms with E-state index in [4.69, 9.17) is 69.6 Å². The van der Waals surface area contributed by atoms with E-state index in [0.29, 0.717) is 26.0 Å². The first-order valence-electron chi connectivity index (χ1n) is 17.8. The molecule has 34 heteroatoms. The number of carbonyl (C=O) groups is 6. The summed E-state index contributed by atoms with van der Waals surface area (Å²) in [5.74, 6) is -7.05. The maximum Gasteiger partial charge on any atom is 0.167 e. The van der Waals surface area contributed by atoms with Gasteiger partial charge in [0.05, 0.1) is 91.1 Å². The molecular formula is C42H30Cl6N2O18S6U2-12. The van der Waals surface area contributed by atoms with Crippen LogP contribution in [0.25, 0.3) is 0 Å². The number of carboxylic acid groups (broad SMARTS) is 6. The Morgan fingerprint density at radius 2 is 0.461 bits per heavy atom. The SMILES string of the molecule is O.O.O=C([O-])c1ccc(Cl)s1.O=C([O-])c1ccc(Cl)s1.O=C([O-])c1ccc(Cl)s1.O=C([O-])c1ccc(Cl)s1.O=C([O-])c1ccc(Cl)s1.O=C([O-])c1ccc(Cl)s1.[O-2].[O-2].[O-2].[O-2].[U].[U].c1cc(CCc2cc[nH+]cc2)cc[nH+]1. The molecule has 0 unspecified atom stereocenters. The van der Waals surface area contributed by atoms with Gasteiger partial charge in [0.25, 0.3) is 0 Å². The average molecular weight is 1730 g/mol. The zero-order valence-corrected chi connectivity index (χ0v) is 55.0. The first-order chi connectivity index (χ1) is 32.1. The van der Waals surface area contributed by atoms with Crippen LogP contribution in [0.5, 0.6) is 0 Å². The van der Waals surface area contributed by atoms with Gasteiger partial charge in [-0.1, -0.05) is 69.6 Å². The molecule has 8 heterocycles. The van der Waals surface area contributed by atoms with Gasteiger partial charge in [-0.2, -0.15) is 0 Å². The summed E-state index contributed by atoms with van der Waals surface area (Å²) >= 11 is 38.6. The molecule has 414 valence electrons. The van der Waals surface area contributed by atoms with Crippen LogP contribution < -0.4 is 40.6 Å². The number of rotatable bonds is 9. The van der Waals surface area contributed by atoms with Crippen LogP contribution in [-0.2, 0) is 34.7 Å². The molecule has 8 rings (SSSR count). The van der Waals surface area contributed by atoms with Crippen molar-refractivity contribution in [1.29, 1.82) is 0 Å². The van der Waals surface area contributed by atoms with Crippen LogP contribution >= 0.6 is 138 Å². The average Bonchev–Trinajstić information content (AvgIpc) is 4.17. The number of halogens is 6. The number of aryl methyl sites for hydroxylation is 2. The normalized spacial score (nSPS) is 8.55. The predicted molar refractivity (Wildman–Crippen MR) is 265 cm³/mol. The van der Waals surface area contributed by atoms with Crippen LogP contribution in [-0.4, -0.2) is 46.8 Å². The van der Waals surface area contributed by atoms with Gasteiger partial charge in [0.2, 0.25) is 0 Å². The molecule has 0 amide bonds. The number of carbonyl (C=O) groups excluding carboxylic acids is 6. The van der Waals surface area contributed by atoms with Crippen molar-refractivity contribution in [3.63, 3.8) is 0 Å². The minimum absolute atomic E-state index is 0. The Labute approximate surface area is 532 Å². The third-order valence-corrected chi connectivity index (χ3v) is 14.2. The molecule has 76 heavy (non-hydrogen) atoms. The summed E-state index contributed by atoms with van der Waals surface area (Å²) in [6, 6.07) is 26.1. The van der Waals surface area contributed by atoms with Crippen molar-refractivity contribution in [3.8, 4) is 0 Å². The number of carboxylic acids is 6. The first-order valence-corrected chi connectivity index (χ1v) is 25.0. The fourth-order valence-electron chi connectivity index (χ4n) is 4.01. The van der Waals surface area contributed by atoms with E-state index in [1.54, 1.807) is 0 Å². The molecule has 0 saturated heterocycles. The third-order valence-electron chi connectivity index (χ3n) is 6.92. The zero-order chi connectivity index (χ0) is 50.8. The number of H-pyrrole nitrogens is 2. The molecule has 8 aromatic rings. The number of nitrogens with one attached hydrogen (secondary N) is 2. The van der Waals surface area contributed by atoms with E-state index >= 15 is 0 Å². The maximum atomic E-state index is 10.1. The molecule has 0 aliphatic rings. The van der Waals surface area contributed by atoms with Crippen molar-refractivity contribution in [3.05, 3.63) is 188 Å². The largest absolute Gasteiger partial charge is 2.00 e. The monoisotopic (exact) mass is 1730 g/mol. The van der Waals surface area contributed by atoms with E-state index < -0.39 is 35.8 Å². The summed E-state index contributed by atoms with van der Waals surface area (Å²) in [6.07, 6.45) is 10.1. The predicted octanol–water partition coefficient (Wildman–Crippen LogP) is 3.57. The van der Waals surface area contributed by atoms with Gasteiger partial charge in [-0.3, -0.25) is 0 Å². The fraction of sp³-hybridized carbons (Fsp3) is 0.0476. The Kier molecular flexibility index (Phi) is 54.7. The molecule has 0 fully saturated rings. The molecule has 0 spiro atoms. The van der Waals surface area contributed by atoms with Gasteiger partial charge in [0.15, 0.2) is 24.8 Å². The number of hydrogen-bond donors (Lipinski definition) is 0. The first kappa shape index (κ1) is 86.8. The Hall–Kier alpha value is -3.08. The van der Waals surface area contributed by atoms with Crippen LogP contribution in [0.15, 0.2) is 122 Å². The van der Waals surface area contributed by atoms with Gasteiger partial charge in [-0.25, -0.2) is 9.97 Å². The Balaban J connectivity index is -0.000000145. The summed E-state index contributed by atoms with van der Waals surface area (Å²) in [5.41, 5.74) is 2.74. The van der Waals surface area contributed by atoms with Gasteiger partial charge in [-0.05, 0) is 96.8 Å². The van der Waals surface area contributed by atoms with Crippen molar-refractivity contribution < 1.29 is 164 Å². The standard InChI is InChI=1S/C12H12N2.6C5H3ClO2S.2H2O.4O.2U/c1(11-3-7-13-8-4-11)2-12-5-9-14-10-6-12;6*6-4-2-1-3(9-4)5(7)8;;;;;;;;/h3-10H,1-2H2;6*1-2H,(H,7,8);2*1H2;;;;;;/q;;;;;;;;;4*-2;;/p-4. The van der Waals surface area contributed by atoms with E-state index in [0.717, 1.165) is 80.9 Å². The van der Waals surface area contributed by atoms with Crippen molar-refractivity contribution >= 4 is 173 Å². The molecular weight excluding hydrogens is 1700 g/mol. The molecule has 0 saturated carbocycles. The molecule has 0 atom stereocenters. The van der Waals surface area contributed by atoms with Gasteiger partial charge in [0, 0.05) is 86.5 Å². The third kappa shape index (κ3) is 37.7. The van der Waals surface area contributed by atoms with Gasteiger partial charge < -0.3 is 92.3 Å². The quantitative estimate of drug-likeness (QED) is 0.200. The fourth-order valence-corrected chi connectivity index (χ4v) is 9.28. The molecule has 0 aliphatic heterocycles. The van der Waals surface area contributed by atoms with Crippen LogP contribution in [0.1, 0.15) is 69.2 Å². The molecule has 0 aliphatic carbocycles. The zero-order valence-electron chi connectivity index (χ0n) is 37.2. The van der Waals surface area contributed by atoms with Crippen molar-refractivity contribution in [2.75, 3.05) is 0 Å². The summed E-state index contributed by atoms with van der Waals surface area (Å²) in [6.45, 7) is 0. The summed E-state index contributed by atoms with van der Waals surface area (Å²) in [7, 11) is 0. The molecule has 6 N–H and O–H groups in total. The summed E-state index contributed by atoms with van der Waals surface area (Å²) in [4.78, 5) is 67.4. The topological polar surface area (TPSA) is 446 Å². The Bertz CT molecular complexity index is 2420. The number of pyridine rings is 2. The van der Waals surface area contributed by atoms with E-state index in [1.807, 2.05) is 24.8 Å². The second-order valence-corrected chi connectivity index (χ2v) is 22.0. The van der Waals surface area contributed by atoms with Crippen molar-refractivity contribution in [2.45, 2.75) is 12.8 Å². The second-order valence-electron chi connectivity index (χ2n) is 11.7. The summed E-state index contributed by atoms with van der Waals surface area (Å²) in [5, 5.41) is 60.3. The molecule has 8 aromatic heterocycles. The Morgan fingerprint density at radius 1 is 0.316 bits per heavy atom. The van der Waals surface area contributed by atoms with Gasteiger partial charge >= 0.3 is 0 Å². The molecule has 0 bridgehead atoms. The second kappa shape index (κ2) is 47.9. The molecule has 0 aromatic carbocycles. The number of aromatic amines is 2. The van der Waals surface area contributed by atoms with E-state index in [1.165, 1.54) is 83.9 Å². The van der Waals surface area contributed by atoms with Crippen LogP contribution in [0.2, 0.25) is 26.0 Å². The number of hydrogen-bond acceptors (Lipinski definition) is 18. The van der Waals surface area contributed by atoms with E-state index in [9.17, 15) is 59.4 Å². The minimum atomic E-state index is -1.17. The number of thiophene rings is 6. The van der Waals surface area contributed by atoms with E-state index in [-0.39, 0.29) is 124 Å². The van der Waals surface area contributed by atoms with Crippen molar-refractivity contribution in [2.24, 2.45) is 0 Å². The van der Waals surface area contributed by atoms with Gasteiger partial charge in [-0.15, -0.1) is 68.0 Å². The van der Waals surface area contributed by atoms with Crippen LogP contribution in [0.4, 0.5) is 0 Å². The van der Waals surface area contributed by atoms with Crippen LogP contribution in [0.3, 0.4) is 0 Å². The Morgan fingerprint density at radius 3 is 0.553 bits per heavy atom. The molecule has 0 radical (unpaired) electrons. The maximum absolute atomic E-state index is 10.1. The van der Waals surface area contributed by atoms with E-state index in [2.05, 4.69) is 34.2 Å². The number of aromatic nitrogens is 2. The summed E-state index contributed by atoms with van der Waals surface area (Å²) < 4.78 is 2.80.